The Morgan fingerprint density at radius 1 is 1.15 bits per heavy atom. The lowest BCUT2D eigenvalue weighted by molar-refractivity contribution is 0.628. The van der Waals surface area contributed by atoms with Gasteiger partial charge in [0, 0.05) is 36.6 Å². The summed E-state index contributed by atoms with van der Waals surface area (Å²) < 4.78 is 15.6. The first-order chi connectivity index (χ1) is 9.38. The number of nitrogens with one attached hydrogen (secondary N) is 1. The molecule has 0 spiro atoms. The maximum absolute atomic E-state index is 13.2. The quantitative estimate of drug-likeness (QED) is 0.934. The molecule has 106 valence electrons. The minimum Gasteiger partial charge on any atom is -0.379 e. The van der Waals surface area contributed by atoms with E-state index in [1.54, 1.807) is 13.1 Å². The van der Waals surface area contributed by atoms with Gasteiger partial charge in [-0.2, -0.15) is 0 Å². The van der Waals surface area contributed by atoms with E-state index in [4.69, 9.17) is 11.6 Å². The summed E-state index contributed by atoms with van der Waals surface area (Å²) in [5, 5.41) is 3.19. The zero-order chi connectivity index (χ0) is 14.9. The molecule has 0 bridgehead atoms. The van der Waals surface area contributed by atoms with Crippen LogP contribution in [0.15, 0.2) is 33.9 Å². The number of halogens is 2. The van der Waals surface area contributed by atoms with Crippen molar-refractivity contribution in [2.45, 2.75) is 6.54 Å². The first-order valence-corrected chi connectivity index (χ1v) is 6.22. The van der Waals surface area contributed by atoms with Crippen molar-refractivity contribution in [3.05, 3.63) is 61.6 Å². The van der Waals surface area contributed by atoms with Gasteiger partial charge < -0.3 is 5.32 Å². The van der Waals surface area contributed by atoms with Crippen LogP contribution in [-0.4, -0.2) is 9.13 Å². The lowest BCUT2D eigenvalue weighted by atomic mass is 10.3. The van der Waals surface area contributed by atoms with Crippen molar-refractivity contribution in [3.8, 4) is 0 Å². The van der Waals surface area contributed by atoms with Crippen LogP contribution in [0.1, 0.15) is 5.69 Å². The van der Waals surface area contributed by atoms with Crippen LogP contribution in [0.25, 0.3) is 0 Å². The van der Waals surface area contributed by atoms with E-state index >= 15 is 0 Å². The van der Waals surface area contributed by atoms with Crippen LogP contribution in [0.3, 0.4) is 0 Å². The molecule has 7 heteroatoms. The molecule has 20 heavy (non-hydrogen) atoms. The molecular formula is C13H13ClFN3O2. The fraction of sp³-hybridized carbons (Fsp3) is 0.231. The monoisotopic (exact) mass is 297 g/mol. The molecule has 5 nitrogen and oxygen atoms in total. The fourth-order valence-corrected chi connectivity index (χ4v) is 2.02. The Kier molecular flexibility index (Phi) is 3.94. The van der Waals surface area contributed by atoms with Crippen molar-refractivity contribution >= 4 is 17.3 Å². The molecule has 2 aromatic rings. The zero-order valence-electron chi connectivity index (χ0n) is 11.0. The Morgan fingerprint density at radius 2 is 1.85 bits per heavy atom. The van der Waals surface area contributed by atoms with Crippen molar-refractivity contribution < 1.29 is 4.39 Å². The highest BCUT2D eigenvalue weighted by atomic mass is 35.5. The van der Waals surface area contributed by atoms with Gasteiger partial charge in [-0.1, -0.05) is 11.6 Å². The average molecular weight is 298 g/mol. The van der Waals surface area contributed by atoms with Gasteiger partial charge in [-0.25, -0.2) is 9.18 Å². The third-order valence-electron chi connectivity index (χ3n) is 2.96. The Morgan fingerprint density at radius 3 is 2.50 bits per heavy atom. The predicted molar refractivity (Wildman–Crippen MR) is 75.7 cm³/mol. The Balaban J connectivity index is 2.28. The second kappa shape index (κ2) is 5.50. The number of aromatic nitrogens is 2. The van der Waals surface area contributed by atoms with Crippen molar-refractivity contribution in [1.82, 2.24) is 9.13 Å². The van der Waals surface area contributed by atoms with Crippen LogP contribution in [-0.2, 0) is 20.6 Å². The van der Waals surface area contributed by atoms with E-state index in [9.17, 15) is 14.0 Å². The molecule has 0 saturated carbocycles. The topological polar surface area (TPSA) is 56.0 Å². The van der Waals surface area contributed by atoms with Gasteiger partial charge in [0.1, 0.15) is 5.82 Å². The number of nitrogens with zero attached hydrogens (tertiary/aromatic N) is 2. The van der Waals surface area contributed by atoms with Crippen molar-refractivity contribution in [1.29, 1.82) is 0 Å². The smallest absolute Gasteiger partial charge is 0.330 e. The van der Waals surface area contributed by atoms with E-state index in [2.05, 4.69) is 5.32 Å². The molecule has 0 radical (unpaired) electrons. The lowest BCUT2D eigenvalue weighted by Crippen LogP contribution is -2.38. The summed E-state index contributed by atoms with van der Waals surface area (Å²) in [6.45, 7) is 0.210. The molecule has 1 aromatic carbocycles. The third kappa shape index (κ3) is 2.91. The minimum atomic E-state index is -0.460. The van der Waals surface area contributed by atoms with E-state index in [1.807, 2.05) is 0 Å². The van der Waals surface area contributed by atoms with E-state index in [1.165, 1.54) is 29.8 Å². The molecule has 0 amide bonds. The van der Waals surface area contributed by atoms with Crippen LogP contribution < -0.4 is 16.6 Å². The first-order valence-electron chi connectivity index (χ1n) is 5.84. The SMILES string of the molecule is Cn1c(CNc2cc(F)cc(Cl)c2)cc(=O)n(C)c1=O. The van der Waals surface area contributed by atoms with Crippen LogP contribution in [0.2, 0.25) is 5.02 Å². The number of rotatable bonds is 3. The zero-order valence-corrected chi connectivity index (χ0v) is 11.7. The second-order valence-electron chi connectivity index (χ2n) is 4.39. The minimum absolute atomic E-state index is 0.210. The Hall–Kier alpha value is -2.08. The van der Waals surface area contributed by atoms with Crippen LogP contribution in [0.5, 0.6) is 0 Å². The maximum atomic E-state index is 13.2. The molecule has 0 unspecified atom stereocenters. The van der Waals surface area contributed by atoms with E-state index in [0.717, 1.165) is 4.57 Å². The van der Waals surface area contributed by atoms with E-state index in [-0.39, 0.29) is 17.1 Å². The first kappa shape index (κ1) is 14.3. The summed E-state index contributed by atoms with van der Waals surface area (Å²) in [6, 6.07) is 5.39. The number of anilines is 1. The molecule has 0 aliphatic rings. The summed E-state index contributed by atoms with van der Waals surface area (Å²) in [6.07, 6.45) is 0. The maximum Gasteiger partial charge on any atom is 0.330 e. The van der Waals surface area contributed by atoms with E-state index in [0.29, 0.717) is 11.4 Å². The molecule has 0 atom stereocenters. The Labute approximate surface area is 119 Å². The van der Waals surface area contributed by atoms with Gasteiger partial charge in [0.05, 0.1) is 6.54 Å². The number of hydrogen-bond donors (Lipinski definition) is 1. The van der Waals surface area contributed by atoms with Crippen molar-refractivity contribution in [2.75, 3.05) is 5.32 Å². The highest BCUT2D eigenvalue weighted by Gasteiger charge is 2.06. The average Bonchev–Trinajstić information content (AvgIpc) is 2.38. The number of benzene rings is 1. The van der Waals surface area contributed by atoms with Gasteiger partial charge in [-0.05, 0) is 18.2 Å². The van der Waals surface area contributed by atoms with Gasteiger partial charge >= 0.3 is 5.69 Å². The predicted octanol–water partition coefficient (Wildman–Crippen LogP) is 1.49. The normalized spacial score (nSPS) is 10.6. The summed E-state index contributed by atoms with van der Waals surface area (Å²) in [5.74, 6) is -0.460. The van der Waals surface area contributed by atoms with Crippen LogP contribution in [0.4, 0.5) is 10.1 Å². The van der Waals surface area contributed by atoms with E-state index < -0.39 is 11.5 Å². The fourth-order valence-electron chi connectivity index (χ4n) is 1.80. The summed E-state index contributed by atoms with van der Waals surface area (Å²) in [7, 11) is 2.98. The molecule has 2 rings (SSSR count). The molecule has 0 aliphatic carbocycles. The molecule has 1 aromatic heterocycles. The highest BCUT2D eigenvalue weighted by molar-refractivity contribution is 6.30. The Bertz CT molecular complexity index is 747. The van der Waals surface area contributed by atoms with Crippen molar-refractivity contribution in [2.24, 2.45) is 14.1 Å². The largest absolute Gasteiger partial charge is 0.379 e. The summed E-state index contributed by atoms with van der Waals surface area (Å²) in [5.41, 5.74) is 0.176. The van der Waals surface area contributed by atoms with Gasteiger partial charge in [-0.3, -0.25) is 13.9 Å². The standard InChI is InChI=1S/C13H13ClFN3O2/c1-17-11(6-12(19)18(2)13(17)20)7-16-10-4-8(14)3-9(15)5-10/h3-6,16H,7H2,1-2H3. The summed E-state index contributed by atoms with van der Waals surface area (Å²) >= 11 is 5.75. The molecular weight excluding hydrogens is 285 g/mol. The second-order valence-corrected chi connectivity index (χ2v) is 4.82. The van der Waals surface area contributed by atoms with Gasteiger partial charge in [0.2, 0.25) is 0 Å². The molecule has 0 saturated heterocycles. The number of hydrogen-bond acceptors (Lipinski definition) is 3. The van der Waals surface area contributed by atoms with Crippen LogP contribution in [0, 0.1) is 5.82 Å². The van der Waals surface area contributed by atoms with Gasteiger partial charge in [0.25, 0.3) is 5.56 Å². The van der Waals surface area contributed by atoms with Gasteiger partial charge in [-0.15, -0.1) is 0 Å². The summed E-state index contributed by atoms with van der Waals surface area (Å²) in [4.78, 5) is 23.3. The molecule has 0 aliphatic heterocycles. The van der Waals surface area contributed by atoms with Crippen molar-refractivity contribution in [3.63, 3.8) is 0 Å². The molecule has 0 fully saturated rings. The molecule has 1 heterocycles. The van der Waals surface area contributed by atoms with Crippen LogP contribution >= 0.6 is 11.6 Å². The van der Waals surface area contributed by atoms with Gasteiger partial charge in [0.15, 0.2) is 0 Å². The molecule has 1 N–H and O–H groups in total. The third-order valence-corrected chi connectivity index (χ3v) is 3.18. The lowest BCUT2D eigenvalue weighted by Gasteiger charge is -2.11. The highest BCUT2D eigenvalue weighted by Crippen LogP contribution is 2.18.